The van der Waals surface area contributed by atoms with Gasteiger partial charge >= 0.3 is 0 Å². The van der Waals surface area contributed by atoms with Crippen LogP contribution in [0.5, 0.6) is 0 Å². The molecular weight excluding hydrogens is 220 g/mol. The van der Waals surface area contributed by atoms with Crippen molar-refractivity contribution in [2.24, 2.45) is 5.92 Å². The van der Waals surface area contributed by atoms with Gasteiger partial charge in [0.25, 0.3) is 0 Å². The van der Waals surface area contributed by atoms with Crippen LogP contribution in [-0.2, 0) is 9.53 Å². The van der Waals surface area contributed by atoms with E-state index in [0.717, 1.165) is 19.5 Å². The number of rotatable bonds is 7. The second-order valence-corrected chi connectivity index (χ2v) is 4.66. The number of nitrogens with one attached hydrogen (secondary N) is 2. The number of aliphatic hydroxyl groups is 1. The topological polar surface area (TPSA) is 70.6 Å². The lowest BCUT2D eigenvalue weighted by molar-refractivity contribution is -0.122. The van der Waals surface area contributed by atoms with Crippen LogP contribution < -0.4 is 10.6 Å². The number of piperidine rings is 1. The molecule has 0 radical (unpaired) electrons. The number of carbonyl (C=O) groups is 1. The van der Waals surface area contributed by atoms with E-state index in [2.05, 4.69) is 10.6 Å². The van der Waals surface area contributed by atoms with Gasteiger partial charge in [-0.3, -0.25) is 4.79 Å². The van der Waals surface area contributed by atoms with Crippen LogP contribution in [0.25, 0.3) is 0 Å². The third kappa shape index (κ3) is 6.61. The predicted octanol–water partition coefficient (Wildman–Crippen LogP) is -0.110. The molecule has 0 aromatic heterocycles. The summed E-state index contributed by atoms with van der Waals surface area (Å²) in [5.41, 5.74) is 0. The Labute approximate surface area is 103 Å². The molecule has 1 heterocycles. The second-order valence-electron chi connectivity index (χ2n) is 4.66. The Kier molecular flexibility index (Phi) is 7.16. The minimum Gasteiger partial charge on any atom is -0.389 e. The first-order valence-corrected chi connectivity index (χ1v) is 6.36. The van der Waals surface area contributed by atoms with Crippen molar-refractivity contribution in [3.63, 3.8) is 0 Å². The van der Waals surface area contributed by atoms with Crippen molar-refractivity contribution in [2.75, 3.05) is 33.4 Å². The van der Waals surface area contributed by atoms with Crippen LogP contribution >= 0.6 is 0 Å². The summed E-state index contributed by atoms with van der Waals surface area (Å²) >= 11 is 0. The Hall–Kier alpha value is -0.650. The zero-order valence-corrected chi connectivity index (χ0v) is 10.6. The number of amides is 1. The average molecular weight is 244 g/mol. The Morgan fingerprint density at radius 1 is 1.65 bits per heavy atom. The maximum atomic E-state index is 11.5. The molecule has 5 nitrogen and oxygen atoms in total. The molecule has 3 N–H and O–H groups in total. The van der Waals surface area contributed by atoms with Gasteiger partial charge in [0.1, 0.15) is 0 Å². The first-order chi connectivity index (χ1) is 8.22. The van der Waals surface area contributed by atoms with Crippen LogP contribution in [0.3, 0.4) is 0 Å². The quantitative estimate of drug-likeness (QED) is 0.584. The van der Waals surface area contributed by atoms with Crippen molar-refractivity contribution >= 4 is 5.91 Å². The van der Waals surface area contributed by atoms with Crippen molar-refractivity contribution < 1.29 is 14.6 Å². The molecule has 17 heavy (non-hydrogen) atoms. The third-order valence-corrected chi connectivity index (χ3v) is 3.07. The van der Waals surface area contributed by atoms with Gasteiger partial charge in [-0.1, -0.05) is 0 Å². The molecule has 1 aliphatic heterocycles. The summed E-state index contributed by atoms with van der Waals surface area (Å²) in [4.78, 5) is 11.5. The number of carbonyl (C=O) groups excluding carboxylic acids is 1. The van der Waals surface area contributed by atoms with Crippen LogP contribution in [0, 0.1) is 5.92 Å². The molecule has 2 unspecified atom stereocenters. The van der Waals surface area contributed by atoms with E-state index >= 15 is 0 Å². The zero-order chi connectivity index (χ0) is 12.5. The second kappa shape index (κ2) is 8.44. The van der Waals surface area contributed by atoms with Crippen molar-refractivity contribution in [1.82, 2.24) is 10.6 Å². The molecule has 1 amide bonds. The van der Waals surface area contributed by atoms with Crippen molar-refractivity contribution in [1.29, 1.82) is 0 Å². The number of hydrogen-bond acceptors (Lipinski definition) is 4. The van der Waals surface area contributed by atoms with Gasteiger partial charge in [-0.2, -0.15) is 0 Å². The number of aliphatic hydroxyl groups excluding tert-OH is 1. The Morgan fingerprint density at radius 2 is 2.47 bits per heavy atom. The Balaban J connectivity index is 2.04. The fourth-order valence-electron chi connectivity index (χ4n) is 2.08. The van der Waals surface area contributed by atoms with E-state index in [9.17, 15) is 9.90 Å². The van der Waals surface area contributed by atoms with Crippen molar-refractivity contribution in [3.05, 3.63) is 0 Å². The van der Waals surface area contributed by atoms with Crippen LogP contribution in [0.1, 0.15) is 25.7 Å². The van der Waals surface area contributed by atoms with Crippen molar-refractivity contribution in [3.8, 4) is 0 Å². The first-order valence-electron chi connectivity index (χ1n) is 6.36. The number of hydrogen-bond donors (Lipinski definition) is 3. The summed E-state index contributed by atoms with van der Waals surface area (Å²) in [5.74, 6) is 0.643. The normalized spacial score (nSPS) is 22.1. The molecule has 1 aliphatic rings. The van der Waals surface area contributed by atoms with Crippen LogP contribution in [0.2, 0.25) is 0 Å². The summed E-state index contributed by atoms with van der Waals surface area (Å²) in [6.45, 7) is 2.66. The molecule has 2 atom stereocenters. The minimum absolute atomic E-state index is 0.0192. The molecule has 0 aromatic carbocycles. The van der Waals surface area contributed by atoms with Gasteiger partial charge in [0.05, 0.1) is 12.7 Å². The fraction of sp³-hybridized carbons (Fsp3) is 0.917. The summed E-state index contributed by atoms with van der Waals surface area (Å²) in [7, 11) is 1.53. The highest BCUT2D eigenvalue weighted by Crippen LogP contribution is 2.15. The van der Waals surface area contributed by atoms with Gasteiger partial charge < -0.3 is 20.5 Å². The number of methoxy groups -OCH3 is 1. The predicted molar refractivity (Wildman–Crippen MR) is 65.7 cm³/mol. The third-order valence-electron chi connectivity index (χ3n) is 3.07. The molecule has 0 bridgehead atoms. The van der Waals surface area contributed by atoms with E-state index < -0.39 is 6.10 Å². The van der Waals surface area contributed by atoms with Gasteiger partial charge in [0.15, 0.2) is 0 Å². The molecule has 0 aromatic rings. The molecule has 0 aliphatic carbocycles. The first kappa shape index (κ1) is 14.4. The fourth-order valence-corrected chi connectivity index (χ4v) is 2.08. The largest absolute Gasteiger partial charge is 0.389 e. The molecule has 5 heteroatoms. The standard InChI is InChI=1S/C12H24N2O3/c1-17-9-11(15)8-14-12(16)5-4-10-3-2-6-13-7-10/h10-11,13,15H,2-9H2,1H3,(H,14,16). The molecule has 1 fully saturated rings. The highest BCUT2D eigenvalue weighted by atomic mass is 16.5. The molecule has 1 rings (SSSR count). The van der Waals surface area contributed by atoms with E-state index in [4.69, 9.17) is 4.74 Å². The summed E-state index contributed by atoms with van der Waals surface area (Å²) < 4.78 is 4.78. The lowest BCUT2D eigenvalue weighted by Gasteiger charge is -2.22. The Bertz CT molecular complexity index is 218. The van der Waals surface area contributed by atoms with Gasteiger partial charge in [0, 0.05) is 20.1 Å². The van der Waals surface area contributed by atoms with Crippen molar-refractivity contribution in [2.45, 2.75) is 31.8 Å². The van der Waals surface area contributed by atoms with Gasteiger partial charge in [-0.05, 0) is 38.3 Å². The molecule has 1 saturated heterocycles. The van der Waals surface area contributed by atoms with E-state index in [1.165, 1.54) is 20.0 Å². The Morgan fingerprint density at radius 3 is 3.12 bits per heavy atom. The summed E-state index contributed by atoms with van der Waals surface area (Å²) in [6.07, 6.45) is 3.29. The molecular formula is C12H24N2O3. The van der Waals surface area contributed by atoms with E-state index in [0.29, 0.717) is 12.3 Å². The van der Waals surface area contributed by atoms with E-state index in [-0.39, 0.29) is 19.1 Å². The molecule has 0 saturated carbocycles. The minimum atomic E-state index is -0.611. The van der Waals surface area contributed by atoms with Gasteiger partial charge in [-0.25, -0.2) is 0 Å². The smallest absolute Gasteiger partial charge is 0.220 e. The highest BCUT2D eigenvalue weighted by molar-refractivity contribution is 5.75. The molecule has 0 spiro atoms. The summed E-state index contributed by atoms with van der Waals surface area (Å²) in [6, 6.07) is 0. The average Bonchev–Trinajstić information content (AvgIpc) is 2.35. The lowest BCUT2D eigenvalue weighted by Crippen LogP contribution is -2.35. The van der Waals surface area contributed by atoms with Crippen LogP contribution in [0.15, 0.2) is 0 Å². The van der Waals surface area contributed by atoms with E-state index in [1.807, 2.05) is 0 Å². The highest BCUT2D eigenvalue weighted by Gasteiger charge is 2.14. The maximum absolute atomic E-state index is 11.5. The number of ether oxygens (including phenoxy) is 1. The zero-order valence-electron chi connectivity index (χ0n) is 10.6. The van der Waals surface area contributed by atoms with Crippen LogP contribution in [0.4, 0.5) is 0 Å². The monoisotopic (exact) mass is 244 g/mol. The summed E-state index contributed by atoms with van der Waals surface area (Å²) in [5, 5.41) is 15.4. The lowest BCUT2D eigenvalue weighted by atomic mass is 9.94. The van der Waals surface area contributed by atoms with Crippen LogP contribution in [-0.4, -0.2) is 50.5 Å². The molecule has 100 valence electrons. The maximum Gasteiger partial charge on any atom is 0.220 e. The SMILES string of the molecule is COCC(O)CNC(=O)CCC1CCCNC1. The van der Waals surface area contributed by atoms with Gasteiger partial charge in [-0.15, -0.1) is 0 Å². The van der Waals surface area contributed by atoms with E-state index in [1.54, 1.807) is 0 Å². The van der Waals surface area contributed by atoms with Gasteiger partial charge in [0.2, 0.25) is 5.91 Å².